The van der Waals surface area contributed by atoms with Crippen LogP contribution >= 0.6 is 12.2 Å². The molecule has 1 aliphatic rings. The zero-order chi connectivity index (χ0) is 13.9. The molecule has 0 saturated carbocycles. The maximum atomic E-state index is 12.5. The standard InChI is InChI=1S/C13H17N3O2S/c1-9-2-5-15-10(8-9)16-12(17)13(11(14)19)3-6-18-7-4-13/h2,5,8H,3-4,6-7H2,1H3,(H2,14,19)(H,15,16,17). The summed E-state index contributed by atoms with van der Waals surface area (Å²) in [6.45, 7) is 2.92. The number of nitrogens with zero attached hydrogens (tertiary/aromatic N) is 1. The number of hydrogen-bond acceptors (Lipinski definition) is 4. The Morgan fingerprint density at radius 1 is 1.53 bits per heavy atom. The Kier molecular flexibility index (Phi) is 4.11. The molecule has 2 heterocycles. The second kappa shape index (κ2) is 5.63. The molecule has 0 radical (unpaired) electrons. The van der Waals surface area contributed by atoms with E-state index in [0.717, 1.165) is 5.56 Å². The third kappa shape index (κ3) is 2.90. The van der Waals surface area contributed by atoms with Gasteiger partial charge in [0.25, 0.3) is 0 Å². The van der Waals surface area contributed by atoms with Gasteiger partial charge in [-0.05, 0) is 37.5 Å². The minimum absolute atomic E-state index is 0.193. The highest BCUT2D eigenvalue weighted by atomic mass is 32.1. The molecule has 1 saturated heterocycles. The summed E-state index contributed by atoms with van der Waals surface area (Å²) in [5.74, 6) is 0.327. The summed E-state index contributed by atoms with van der Waals surface area (Å²) in [6.07, 6.45) is 2.68. The number of aromatic nitrogens is 1. The van der Waals surface area contributed by atoms with Crippen LogP contribution in [-0.4, -0.2) is 29.1 Å². The largest absolute Gasteiger partial charge is 0.392 e. The van der Waals surface area contributed by atoms with Crippen molar-refractivity contribution in [2.24, 2.45) is 11.1 Å². The number of carbonyl (C=O) groups is 1. The molecule has 19 heavy (non-hydrogen) atoms. The van der Waals surface area contributed by atoms with E-state index in [4.69, 9.17) is 22.7 Å². The average Bonchev–Trinajstić information content (AvgIpc) is 2.39. The van der Waals surface area contributed by atoms with Gasteiger partial charge in [0.1, 0.15) is 11.2 Å². The van der Waals surface area contributed by atoms with Gasteiger partial charge in [0.15, 0.2) is 0 Å². The Balaban J connectivity index is 2.19. The van der Waals surface area contributed by atoms with E-state index in [0.29, 0.717) is 31.9 Å². The number of amides is 1. The van der Waals surface area contributed by atoms with Gasteiger partial charge in [0.2, 0.25) is 5.91 Å². The van der Waals surface area contributed by atoms with Crippen molar-refractivity contribution in [1.29, 1.82) is 0 Å². The molecule has 1 fully saturated rings. The van der Waals surface area contributed by atoms with Crippen LogP contribution in [-0.2, 0) is 9.53 Å². The highest BCUT2D eigenvalue weighted by Gasteiger charge is 2.43. The number of nitrogens with two attached hydrogens (primary N) is 1. The number of rotatable bonds is 3. The van der Waals surface area contributed by atoms with Crippen LogP contribution in [0, 0.1) is 12.3 Å². The Morgan fingerprint density at radius 3 is 2.79 bits per heavy atom. The summed E-state index contributed by atoms with van der Waals surface area (Å²) in [6, 6.07) is 3.68. The Morgan fingerprint density at radius 2 is 2.21 bits per heavy atom. The predicted molar refractivity (Wildman–Crippen MR) is 76.9 cm³/mol. The molecule has 0 aliphatic carbocycles. The summed E-state index contributed by atoms with van der Waals surface area (Å²) in [4.78, 5) is 16.8. The first-order valence-corrected chi connectivity index (χ1v) is 6.57. The summed E-state index contributed by atoms with van der Waals surface area (Å²) >= 11 is 5.09. The van der Waals surface area contributed by atoms with Crippen LogP contribution in [0.4, 0.5) is 5.82 Å². The van der Waals surface area contributed by atoms with Gasteiger partial charge in [-0.2, -0.15) is 0 Å². The molecule has 1 aliphatic heterocycles. The van der Waals surface area contributed by atoms with Crippen molar-refractivity contribution < 1.29 is 9.53 Å². The molecular formula is C13H17N3O2S. The molecule has 102 valence electrons. The molecular weight excluding hydrogens is 262 g/mol. The van der Waals surface area contributed by atoms with Crippen LogP contribution in [0.15, 0.2) is 18.3 Å². The zero-order valence-corrected chi connectivity index (χ0v) is 11.6. The van der Waals surface area contributed by atoms with Crippen LogP contribution < -0.4 is 11.1 Å². The fourth-order valence-corrected chi connectivity index (χ4v) is 2.44. The van der Waals surface area contributed by atoms with Gasteiger partial charge in [-0.3, -0.25) is 4.79 Å². The lowest BCUT2D eigenvalue weighted by Gasteiger charge is -2.34. The Hall–Kier alpha value is -1.53. The molecule has 0 spiro atoms. The van der Waals surface area contributed by atoms with Gasteiger partial charge in [-0.25, -0.2) is 4.98 Å². The molecule has 5 nitrogen and oxygen atoms in total. The molecule has 0 bridgehead atoms. The van der Waals surface area contributed by atoms with E-state index >= 15 is 0 Å². The van der Waals surface area contributed by atoms with Crippen LogP contribution in [0.2, 0.25) is 0 Å². The van der Waals surface area contributed by atoms with Crippen molar-refractivity contribution in [3.05, 3.63) is 23.9 Å². The summed E-state index contributed by atoms with van der Waals surface area (Å²) in [7, 11) is 0. The Bertz CT molecular complexity index is 498. The predicted octanol–water partition coefficient (Wildman–Crippen LogP) is 1.41. The molecule has 0 aromatic carbocycles. The van der Waals surface area contributed by atoms with E-state index in [1.807, 2.05) is 19.1 Å². The van der Waals surface area contributed by atoms with Crippen LogP contribution in [0.25, 0.3) is 0 Å². The van der Waals surface area contributed by atoms with Gasteiger partial charge in [-0.1, -0.05) is 12.2 Å². The van der Waals surface area contributed by atoms with E-state index in [1.165, 1.54) is 0 Å². The molecule has 6 heteroatoms. The number of thiocarbonyl (C=S) groups is 1. The second-order valence-corrected chi connectivity index (χ2v) is 5.17. The summed E-state index contributed by atoms with van der Waals surface area (Å²) in [5.41, 5.74) is 5.99. The Labute approximate surface area is 117 Å². The zero-order valence-electron chi connectivity index (χ0n) is 10.8. The smallest absolute Gasteiger partial charge is 0.238 e. The first kappa shape index (κ1) is 13.9. The van der Waals surface area contributed by atoms with Crippen LogP contribution in [0.3, 0.4) is 0 Å². The molecule has 0 unspecified atom stereocenters. The van der Waals surface area contributed by atoms with E-state index in [9.17, 15) is 4.79 Å². The number of pyridine rings is 1. The summed E-state index contributed by atoms with van der Waals surface area (Å²) < 4.78 is 5.28. The maximum absolute atomic E-state index is 12.5. The van der Waals surface area contributed by atoms with Crippen LogP contribution in [0.1, 0.15) is 18.4 Å². The number of aryl methyl sites for hydroxylation is 1. The number of nitrogens with one attached hydrogen (secondary N) is 1. The number of carbonyl (C=O) groups excluding carboxylic acids is 1. The monoisotopic (exact) mass is 279 g/mol. The van der Waals surface area contributed by atoms with Crippen molar-refractivity contribution in [2.75, 3.05) is 18.5 Å². The maximum Gasteiger partial charge on any atom is 0.238 e. The molecule has 1 amide bonds. The van der Waals surface area contributed by atoms with E-state index in [-0.39, 0.29) is 10.9 Å². The minimum Gasteiger partial charge on any atom is -0.392 e. The van der Waals surface area contributed by atoms with Crippen molar-refractivity contribution in [1.82, 2.24) is 4.98 Å². The molecule has 0 atom stereocenters. The van der Waals surface area contributed by atoms with E-state index in [2.05, 4.69) is 10.3 Å². The van der Waals surface area contributed by atoms with Crippen molar-refractivity contribution in [2.45, 2.75) is 19.8 Å². The molecule has 1 aromatic rings. The number of anilines is 1. The molecule has 3 N–H and O–H groups in total. The topological polar surface area (TPSA) is 77.2 Å². The third-order valence-electron chi connectivity index (χ3n) is 3.41. The first-order valence-electron chi connectivity index (χ1n) is 6.16. The highest BCUT2D eigenvalue weighted by molar-refractivity contribution is 7.80. The van der Waals surface area contributed by atoms with Gasteiger partial charge in [0.05, 0.1) is 4.99 Å². The van der Waals surface area contributed by atoms with E-state index < -0.39 is 5.41 Å². The lowest BCUT2D eigenvalue weighted by molar-refractivity contribution is -0.126. The highest BCUT2D eigenvalue weighted by Crippen LogP contribution is 2.32. The summed E-state index contributed by atoms with van der Waals surface area (Å²) in [5, 5.41) is 2.80. The number of hydrogen-bond donors (Lipinski definition) is 2. The van der Waals surface area contributed by atoms with Crippen molar-refractivity contribution in [3.8, 4) is 0 Å². The SMILES string of the molecule is Cc1ccnc(NC(=O)C2(C(N)=S)CCOCC2)c1. The lowest BCUT2D eigenvalue weighted by Crippen LogP contribution is -2.49. The van der Waals surface area contributed by atoms with Crippen molar-refractivity contribution in [3.63, 3.8) is 0 Å². The first-order chi connectivity index (χ1) is 9.04. The number of ether oxygens (including phenoxy) is 1. The lowest BCUT2D eigenvalue weighted by atomic mass is 9.79. The van der Waals surface area contributed by atoms with Gasteiger partial charge >= 0.3 is 0 Å². The molecule has 1 aromatic heterocycles. The van der Waals surface area contributed by atoms with E-state index in [1.54, 1.807) is 6.20 Å². The third-order valence-corrected chi connectivity index (χ3v) is 3.80. The van der Waals surface area contributed by atoms with Crippen molar-refractivity contribution >= 4 is 28.9 Å². The second-order valence-electron chi connectivity index (χ2n) is 4.73. The van der Waals surface area contributed by atoms with Gasteiger partial charge in [0, 0.05) is 19.4 Å². The van der Waals surface area contributed by atoms with Crippen LogP contribution in [0.5, 0.6) is 0 Å². The fraction of sp³-hybridized carbons (Fsp3) is 0.462. The van der Waals surface area contributed by atoms with Gasteiger partial charge < -0.3 is 15.8 Å². The fourth-order valence-electron chi connectivity index (χ4n) is 2.15. The normalized spacial score (nSPS) is 17.7. The average molecular weight is 279 g/mol. The van der Waals surface area contributed by atoms with Gasteiger partial charge in [-0.15, -0.1) is 0 Å². The quantitative estimate of drug-likeness (QED) is 0.818. The minimum atomic E-state index is -0.820. The molecule has 2 rings (SSSR count).